The molecule has 0 aromatic heterocycles. The lowest BCUT2D eigenvalue weighted by molar-refractivity contribution is -0.137. The van der Waals surface area contributed by atoms with E-state index in [4.69, 9.17) is 5.11 Å². The highest BCUT2D eigenvalue weighted by atomic mass is 16.4. The minimum atomic E-state index is -1.01. The summed E-state index contributed by atoms with van der Waals surface area (Å²) in [5, 5.41) is 11.2. The van der Waals surface area contributed by atoms with Gasteiger partial charge in [0.1, 0.15) is 6.54 Å². The lowest BCUT2D eigenvalue weighted by atomic mass is 10.2. The van der Waals surface area contributed by atoms with Crippen molar-refractivity contribution in [2.75, 3.05) is 33.7 Å². The monoisotopic (exact) mass is 259 g/mol. The van der Waals surface area contributed by atoms with Gasteiger partial charge < -0.3 is 20.2 Å². The SMILES string of the molecule is CC(C)N(C)CCCCNC(=O)N(C)CC(=O)O. The fraction of sp³-hybridized carbons (Fsp3) is 0.833. The largest absolute Gasteiger partial charge is 0.480 e. The van der Waals surface area contributed by atoms with Crippen molar-refractivity contribution < 1.29 is 14.7 Å². The number of carbonyl (C=O) groups excluding carboxylic acids is 1. The first kappa shape index (κ1) is 16.7. The van der Waals surface area contributed by atoms with Gasteiger partial charge in [-0.25, -0.2) is 4.79 Å². The van der Waals surface area contributed by atoms with Crippen LogP contribution in [0.25, 0.3) is 0 Å². The number of carboxylic acid groups (broad SMARTS) is 1. The highest BCUT2D eigenvalue weighted by Crippen LogP contribution is 1.97. The molecule has 0 unspecified atom stereocenters. The minimum Gasteiger partial charge on any atom is -0.480 e. The van der Waals surface area contributed by atoms with E-state index in [0.717, 1.165) is 24.3 Å². The van der Waals surface area contributed by atoms with Gasteiger partial charge in [-0.3, -0.25) is 4.79 Å². The molecule has 0 atom stereocenters. The second kappa shape index (κ2) is 8.74. The number of aliphatic carboxylic acids is 1. The van der Waals surface area contributed by atoms with Crippen LogP contribution in [0.4, 0.5) is 4.79 Å². The first-order valence-electron chi connectivity index (χ1n) is 6.25. The summed E-state index contributed by atoms with van der Waals surface area (Å²) in [5.74, 6) is -1.01. The van der Waals surface area contributed by atoms with Crippen LogP contribution < -0.4 is 5.32 Å². The molecule has 0 spiro atoms. The van der Waals surface area contributed by atoms with E-state index in [1.165, 1.54) is 7.05 Å². The molecule has 106 valence electrons. The molecule has 0 rings (SSSR count). The average molecular weight is 259 g/mol. The van der Waals surface area contributed by atoms with Crippen LogP contribution in [0.5, 0.6) is 0 Å². The van der Waals surface area contributed by atoms with Crippen LogP contribution >= 0.6 is 0 Å². The Morgan fingerprint density at radius 3 is 2.33 bits per heavy atom. The van der Waals surface area contributed by atoms with Gasteiger partial charge in [0.2, 0.25) is 0 Å². The average Bonchev–Trinajstić information content (AvgIpc) is 2.26. The van der Waals surface area contributed by atoms with Crippen LogP contribution in [0.3, 0.4) is 0 Å². The molecule has 2 amide bonds. The van der Waals surface area contributed by atoms with E-state index in [-0.39, 0.29) is 12.6 Å². The number of rotatable bonds is 8. The van der Waals surface area contributed by atoms with E-state index in [9.17, 15) is 9.59 Å². The Morgan fingerprint density at radius 1 is 1.22 bits per heavy atom. The molecule has 2 N–H and O–H groups in total. The third-order valence-corrected chi connectivity index (χ3v) is 2.81. The van der Waals surface area contributed by atoms with E-state index in [2.05, 4.69) is 31.1 Å². The Labute approximate surface area is 109 Å². The van der Waals surface area contributed by atoms with Crippen molar-refractivity contribution >= 4 is 12.0 Å². The maximum atomic E-state index is 11.4. The molecule has 0 aromatic carbocycles. The number of nitrogens with zero attached hydrogens (tertiary/aromatic N) is 2. The fourth-order valence-corrected chi connectivity index (χ4v) is 1.35. The standard InChI is InChI=1S/C12H25N3O3/c1-10(2)14(3)8-6-5-7-13-12(18)15(4)9-11(16)17/h10H,5-9H2,1-4H3,(H,13,18)(H,16,17). The molecule has 18 heavy (non-hydrogen) atoms. The normalized spacial score (nSPS) is 10.8. The molecule has 0 heterocycles. The number of urea groups is 1. The number of carbonyl (C=O) groups is 2. The molecule has 0 saturated heterocycles. The Bertz CT molecular complexity index is 269. The number of amides is 2. The lowest BCUT2D eigenvalue weighted by Gasteiger charge is -2.21. The summed E-state index contributed by atoms with van der Waals surface area (Å²) in [6.45, 7) is 5.58. The van der Waals surface area contributed by atoms with Gasteiger partial charge >= 0.3 is 12.0 Å². The van der Waals surface area contributed by atoms with Crippen LogP contribution in [0.15, 0.2) is 0 Å². The number of hydrogen-bond acceptors (Lipinski definition) is 3. The molecular formula is C12H25N3O3. The minimum absolute atomic E-state index is 0.276. The Morgan fingerprint density at radius 2 is 1.83 bits per heavy atom. The summed E-state index contributed by atoms with van der Waals surface area (Å²) in [4.78, 5) is 25.2. The van der Waals surface area contributed by atoms with Gasteiger partial charge in [-0.05, 0) is 40.3 Å². The topological polar surface area (TPSA) is 72.9 Å². The maximum absolute atomic E-state index is 11.4. The molecule has 0 aromatic rings. The lowest BCUT2D eigenvalue weighted by Crippen LogP contribution is -2.40. The molecular weight excluding hydrogens is 234 g/mol. The molecule has 0 fully saturated rings. The van der Waals surface area contributed by atoms with Crippen molar-refractivity contribution in [1.29, 1.82) is 0 Å². The Hall–Kier alpha value is -1.30. The molecule has 0 bridgehead atoms. The smallest absolute Gasteiger partial charge is 0.323 e. The summed E-state index contributed by atoms with van der Waals surface area (Å²) in [7, 11) is 3.54. The van der Waals surface area contributed by atoms with Gasteiger partial charge in [0, 0.05) is 19.6 Å². The molecule has 6 heteroatoms. The van der Waals surface area contributed by atoms with Crippen LogP contribution in [-0.2, 0) is 4.79 Å². The van der Waals surface area contributed by atoms with Crippen molar-refractivity contribution in [3.8, 4) is 0 Å². The van der Waals surface area contributed by atoms with Crippen molar-refractivity contribution in [2.45, 2.75) is 32.7 Å². The van der Waals surface area contributed by atoms with Gasteiger partial charge in [0.25, 0.3) is 0 Å². The van der Waals surface area contributed by atoms with E-state index in [1.54, 1.807) is 0 Å². The predicted octanol–water partition coefficient (Wildman–Crippen LogP) is 0.833. The van der Waals surface area contributed by atoms with Crippen LogP contribution in [0, 0.1) is 0 Å². The number of likely N-dealkylation sites (N-methyl/N-ethyl adjacent to an activating group) is 1. The van der Waals surface area contributed by atoms with Crippen molar-refractivity contribution in [3.63, 3.8) is 0 Å². The maximum Gasteiger partial charge on any atom is 0.323 e. The van der Waals surface area contributed by atoms with E-state index in [1.807, 2.05) is 0 Å². The molecule has 0 saturated carbocycles. The third-order valence-electron chi connectivity index (χ3n) is 2.81. The highest BCUT2D eigenvalue weighted by Gasteiger charge is 2.10. The van der Waals surface area contributed by atoms with Gasteiger partial charge in [-0.2, -0.15) is 0 Å². The quantitative estimate of drug-likeness (QED) is 0.633. The zero-order valence-electron chi connectivity index (χ0n) is 11.8. The van der Waals surface area contributed by atoms with E-state index < -0.39 is 5.97 Å². The second-order valence-corrected chi connectivity index (χ2v) is 4.76. The molecule has 0 aliphatic heterocycles. The van der Waals surface area contributed by atoms with Gasteiger partial charge in [-0.15, -0.1) is 0 Å². The van der Waals surface area contributed by atoms with Crippen molar-refractivity contribution in [1.82, 2.24) is 15.1 Å². The molecule has 6 nitrogen and oxygen atoms in total. The third kappa shape index (κ3) is 7.89. The number of hydrogen-bond donors (Lipinski definition) is 2. The van der Waals surface area contributed by atoms with Crippen LogP contribution in [-0.4, -0.2) is 66.7 Å². The first-order valence-corrected chi connectivity index (χ1v) is 6.25. The molecule has 0 radical (unpaired) electrons. The fourth-order valence-electron chi connectivity index (χ4n) is 1.35. The second-order valence-electron chi connectivity index (χ2n) is 4.76. The summed E-state index contributed by atoms with van der Waals surface area (Å²) < 4.78 is 0. The van der Waals surface area contributed by atoms with E-state index in [0.29, 0.717) is 12.6 Å². The summed E-state index contributed by atoms with van der Waals surface area (Å²) >= 11 is 0. The highest BCUT2D eigenvalue weighted by molar-refractivity contribution is 5.79. The summed E-state index contributed by atoms with van der Waals surface area (Å²) in [5.41, 5.74) is 0. The molecule has 0 aliphatic carbocycles. The van der Waals surface area contributed by atoms with Gasteiger partial charge in [0.05, 0.1) is 0 Å². The van der Waals surface area contributed by atoms with Crippen molar-refractivity contribution in [2.24, 2.45) is 0 Å². The zero-order chi connectivity index (χ0) is 14.1. The number of carboxylic acids is 1. The van der Waals surface area contributed by atoms with Crippen LogP contribution in [0.1, 0.15) is 26.7 Å². The molecule has 0 aliphatic rings. The zero-order valence-corrected chi connectivity index (χ0v) is 11.8. The number of unbranched alkanes of at least 4 members (excludes halogenated alkanes) is 1. The predicted molar refractivity (Wildman–Crippen MR) is 70.7 cm³/mol. The number of nitrogens with one attached hydrogen (secondary N) is 1. The summed E-state index contributed by atoms with van der Waals surface area (Å²) in [6, 6.07) is 0.191. The summed E-state index contributed by atoms with van der Waals surface area (Å²) in [6.07, 6.45) is 1.90. The van der Waals surface area contributed by atoms with Gasteiger partial charge in [0.15, 0.2) is 0 Å². The van der Waals surface area contributed by atoms with Crippen LogP contribution in [0.2, 0.25) is 0 Å². The Balaban J connectivity index is 3.60. The first-order chi connectivity index (χ1) is 8.34. The van der Waals surface area contributed by atoms with Gasteiger partial charge in [-0.1, -0.05) is 0 Å². The Kier molecular flexibility index (Phi) is 8.11. The van der Waals surface area contributed by atoms with Crippen molar-refractivity contribution in [3.05, 3.63) is 0 Å². The van der Waals surface area contributed by atoms with E-state index >= 15 is 0 Å².